The second kappa shape index (κ2) is 8.58. The minimum atomic E-state index is -0.482. The van der Waals surface area contributed by atoms with E-state index in [9.17, 15) is 5.11 Å². The van der Waals surface area contributed by atoms with Gasteiger partial charge in [-0.1, -0.05) is 0 Å². The number of aromatic nitrogens is 2. The highest BCUT2D eigenvalue weighted by molar-refractivity contribution is 7.94. The van der Waals surface area contributed by atoms with Crippen molar-refractivity contribution < 1.29 is 14.0 Å². The highest BCUT2D eigenvalue weighted by Crippen LogP contribution is 2.01. The van der Waals surface area contributed by atoms with Crippen LogP contribution in [-0.2, 0) is 15.5 Å². The first-order valence-electron chi connectivity index (χ1n) is 5.20. The molecular formula is C10H18N2O3S. The smallest absolute Gasteiger partial charge is 0.0952 e. The van der Waals surface area contributed by atoms with Crippen molar-refractivity contribution >= 4 is 12.0 Å². The largest absolute Gasteiger partial charge is 0.389 e. The summed E-state index contributed by atoms with van der Waals surface area (Å²) in [6.45, 7) is 1.53. The van der Waals surface area contributed by atoms with E-state index in [1.165, 1.54) is 12.0 Å². The zero-order valence-electron chi connectivity index (χ0n) is 9.41. The van der Waals surface area contributed by atoms with Crippen molar-refractivity contribution in [3.8, 4) is 0 Å². The van der Waals surface area contributed by atoms with Gasteiger partial charge in [0.25, 0.3) is 0 Å². The van der Waals surface area contributed by atoms with Crippen molar-refractivity contribution in [2.24, 2.45) is 0 Å². The number of imidazole rings is 1. The number of nitrogens with zero attached hydrogens (tertiary/aromatic N) is 2. The Balaban J connectivity index is 1.96. The second-order valence-electron chi connectivity index (χ2n) is 3.33. The molecule has 0 aromatic carbocycles. The first-order chi connectivity index (χ1) is 7.83. The lowest BCUT2D eigenvalue weighted by Gasteiger charge is -2.11. The summed E-state index contributed by atoms with van der Waals surface area (Å²) in [5, 5.41) is 9.62. The van der Waals surface area contributed by atoms with Gasteiger partial charge >= 0.3 is 0 Å². The molecular weight excluding hydrogens is 228 g/mol. The molecule has 0 bridgehead atoms. The van der Waals surface area contributed by atoms with Gasteiger partial charge in [-0.05, 0) is 18.5 Å². The Bertz CT molecular complexity index is 257. The van der Waals surface area contributed by atoms with Crippen molar-refractivity contribution in [1.82, 2.24) is 9.55 Å². The zero-order chi connectivity index (χ0) is 11.6. The number of aliphatic hydroxyl groups is 1. The first kappa shape index (κ1) is 13.5. The Hall–Kier alpha value is -0.560. The Kier molecular flexibility index (Phi) is 7.24. The van der Waals surface area contributed by atoms with Gasteiger partial charge in [0, 0.05) is 24.8 Å². The van der Waals surface area contributed by atoms with Crippen LogP contribution in [0.4, 0.5) is 0 Å². The normalized spacial score (nSPS) is 12.9. The molecule has 16 heavy (non-hydrogen) atoms. The molecule has 1 N–H and O–H groups in total. The van der Waals surface area contributed by atoms with Crippen LogP contribution in [-0.4, -0.2) is 46.8 Å². The number of hydrogen-bond acceptors (Lipinski definition) is 5. The fourth-order valence-corrected chi connectivity index (χ4v) is 1.62. The molecule has 0 aliphatic heterocycles. The summed E-state index contributed by atoms with van der Waals surface area (Å²) >= 11 is 1.42. The van der Waals surface area contributed by atoms with E-state index in [0.29, 0.717) is 19.8 Å². The van der Waals surface area contributed by atoms with Crippen molar-refractivity contribution in [3.05, 3.63) is 18.7 Å². The minimum Gasteiger partial charge on any atom is -0.389 e. The second-order valence-corrected chi connectivity index (χ2v) is 4.31. The monoisotopic (exact) mass is 246 g/mol. The third-order valence-corrected chi connectivity index (χ3v) is 2.62. The summed E-state index contributed by atoms with van der Waals surface area (Å²) in [6, 6.07) is 0. The molecule has 92 valence electrons. The van der Waals surface area contributed by atoms with E-state index in [2.05, 4.69) is 4.98 Å². The van der Waals surface area contributed by atoms with Crippen LogP contribution in [0.2, 0.25) is 0 Å². The van der Waals surface area contributed by atoms with Crippen LogP contribution in [0.15, 0.2) is 18.7 Å². The Morgan fingerprint density at radius 3 is 3.12 bits per heavy atom. The molecule has 0 saturated carbocycles. The standard InChI is InChI=1S/C10H18N2O3S/c1-14-16-6-2-5-15-8-10(13)7-12-4-3-11-9-12/h3-4,9-10,13H,2,5-8H2,1H3. The number of ether oxygens (including phenoxy) is 1. The Morgan fingerprint density at radius 2 is 2.44 bits per heavy atom. The topological polar surface area (TPSA) is 56.5 Å². The molecule has 0 radical (unpaired) electrons. The van der Waals surface area contributed by atoms with Crippen LogP contribution < -0.4 is 0 Å². The van der Waals surface area contributed by atoms with E-state index >= 15 is 0 Å². The lowest BCUT2D eigenvalue weighted by atomic mass is 10.4. The molecule has 1 aromatic rings. The molecule has 0 aliphatic carbocycles. The van der Waals surface area contributed by atoms with E-state index in [1.807, 2.05) is 10.8 Å². The maximum Gasteiger partial charge on any atom is 0.0952 e. The molecule has 1 rings (SSSR count). The van der Waals surface area contributed by atoms with Crippen molar-refractivity contribution in [1.29, 1.82) is 0 Å². The third-order valence-electron chi connectivity index (χ3n) is 1.93. The van der Waals surface area contributed by atoms with Crippen LogP contribution in [0.3, 0.4) is 0 Å². The van der Waals surface area contributed by atoms with E-state index in [1.54, 1.807) is 19.6 Å². The molecule has 0 amide bonds. The van der Waals surface area contributed by atoms with E-state index < -0.39 is 6.10 Å². The molecule has 1 atom stereocenters. The lowest BCUT2D eigenvalue weighted by Crippen LogP contribution is -2.21. The average molecular weight is 246 g/mol. The molecule has 1 heterocycles. The molecule has 0 spiro atoms. The van der Waals surface area contributed by atoms with Crippen LogP contribution in [0.5, 0.6) is 0 Å². The van der Waals surface area contributed by atoms with Gasteiger partial charge in [0.15, 0.2) is 0 Å². The molecule has 1 unspecified atom stereocenters. The summed E-state index contributed by atoms with van der Waals surface area (Å²) in [5.74, 6) is 0.911. The fourth-order valence-electron chi connectivity index (χ4n) is 1.21. The van der Waals surface area contributed by atoms with Gasteiger partial charge in [-0.15, -0.1) is 0 Å². The van der Waals surface area contributed by atoms with Gasteiger partial charge < -0.3 is 18.6 Å². The third kappa shape index (κ3) is 6.12. The predicted octanol–water partition coefficient (Wildman–Crippen LogP) is 0.945. The van der Waals surface area contributed by atoms with E-state index in [-0.39, 0.29) is 0 Å². The highest BCUT2D eigenvalue weighted by atomic mass is 32.2. The van der Waals surface area contributed by atoms with Crippen molar-refractivity contribution in [2.45, 2.75) is 19.1 Å². The van der Waals surface area contributed by atoms with Crippen LogP contribution in [0.25, 0.3) is 0 Å². The molecule has 1 aromatic heterocycles. The highest BCUT2D eigenvalue weighted by Gasteiger charge is 2.04. The summed E-state index contributed by atoms with van der Waals surface area (Å²) in [7, 11) is 1.65. The summed E-state index contributed by atoms with van der Waals surface area (Å²) in [6.07, 6.45) is 5.63. The number of aliphatic hydroxyl groups excluding tert-OH is 1. The van der Waals surface area contributed by atoms with Gasteiger partial charge in [0.1, 0.15) is 0 Å². The summed E-state index contributed by atoms with van der Waals surface area (Å²) in [5.41, 5.74) is 0. The van der Waals surface area contributed by atoms with Crippen LogP contribution >= 0.6 is 12.0 Å². The molecule has 0 fully saturated rings. The molecule has 0 saturated heterocycles. The van der Waals surface area contributed by atoms with E-state index in [0.717, 1.165) is 12.2 Å². The number of hydrogen-bond donors (Lipinski definition) is 1. The van der Waals surface area contributed by atoms with E-state index in [4.69, 9.17) is 8.92 Å². The Morgan fingerprint density at radius 1 is 1.56 bits per heavy atom. The van der Waals surface area contributed by atoms with Gasteiger partial charge in [-0.25, -0.2) is 4.98 Å². The quantitative estimate of drug-likeness (QED) is 0.519. The summed E-state index contributed by atoms with van der Waals surface area (Å²) < 4.78 is 12.0. The molecule has 6 heteroatoms. The van der Waals surface area contributed by atoms with Crippen LogP contribution in [0, 0.1) is 0 Å². The van der Waals surface area contributed by atoms with Crippen molar-refractivity contribution in [3.63, 3.8) is 0 Å². The zero-order valence-corrected chi connectivity index (χ0v) is 10.2. The Labute approximate surface area is 100.0 Å². The van der Waals surface area contributed by atoms with Crippen molar-refractivity contribution in [2.75, 3.05) is 26.1 Å². The maximum atomic E-state index is 9.62. The van der Waals surface area contributed by atoms with Gasteiger partial charge in [0.2, 0.25) is 0 Å². The molecule has 5 nitrogen and oxygen atoms in total. The first-order valence-corrected chi connectivity index (χ1v) is 6.11. The minimum absolute atomic E-state index is 0.357. The van der Waals surface area contributed by atoms with Gasteiger partial charge in [-0.3, -0.25) is 0 Å². The predicted molar refractivity (Wildman–Crippen MR) is 63.1 cm³/mol. The average Bonchev–Trinajstić information content (AvgIpc) is 2.76. The lowest BCUT2D eigenvalue weighted by molar-refractivity contribution is 0.0286. The number of rotatable bonds is 9. The SMILES string of the molecule is COSCCCOCC(O)Cn1ccnc1. The van der Waals surface area contributed by atoms with Gasteiger partial charge in [-0.2, -0.15) is 0 Å². The van der Waals surface area contributed by atoms with Crippen LogP contribution in [0.1, 0.15) is 6.42 Å². The van der Waals surface area contributed by atoms with Gasteiger partial charge in [0.05, 0.1) is 32.7 Å². The fraction of sp³-hybridized carbons (Fsp3) is 0.700. The summed E-state index contributed by atoms with van der Waals surface area (Å²) in [4.78, 5) is 3.90. The molecule has 0 aliphatic rings. The maximum absolute atomic E-state index is 9.62.